The lowest BCUT2D eigenvalue weighted by atomic mass is 10.2. The molecule has 0 bridgehead atoms. The van der Waals surface area contributed by atoms with E-state index < -0.39 is 0 Å². The number of nitriles is 1. The maximum Gasteiger partial charge on any atom is 0.115 e. The van der Waals surface area contributed by atoms with Crippen molar-refractivity contribution in [2.24, 2.45) is 0 Å². The van der Waals surface area contributed by atoms with Gasteiger partial charge in [-0.15, -0.1) is 0 Å². The van der Waals surface area contributed by atoms with Crippen LogP contribution in [0, 0.1) is 11.3 Å². The van der Waals surface area contributed by atoms with Crippen molar-refractivity contribution in [3.8, 4) is 6.07 Å². The SMILES string of the molecule is N#Cc1c(Cl)cccc1NCc1ccncn1. The molecule has 0 fully saturated rings. The van der Waals surface area contributed by atoms with E-state index in [0.29, 0.717) is 22.8 Å². The summed E-state index contributed by atoms with van der Waals surface area (Å²) in [6, 6.07) is 9.18. The Morgan fingerprint density at radius 3 is 2.94 bits per heavy atom. The third kappa shape index (κ3) is 2.71. The van der Waals surface area contributed by atoms with Crippen LogP contribution in [0.3, 0.4) is 0 Å². The van der Waals surface area contributed by atoms with Gasteiger partial charge in [0.25, 0.3) is 0 Å². The number of halogens is 1. The maximum atomic E-state index is 9.00. The van der Waals surface area contributed by atoms with Gasteiger partial charge in [-0.1, -0.05) is 17.7 Å². The van der Waals surface area contributed by atoms with Crippen LogP contribution in [0.25, 0.3) is 0 Å². The van der Waals surface area contributed by atoms with Crippen molar-refractivity contribution in [1.82, 2.24) is 9.97 Å². The van der Waals surface area contributed by atoms with E-state index in [-0.39, 0.29) is 0 Å². The second kappa shape index (κ2) is 5.28. The summed E-state index contributed by atoms with van der Waals surface area (Å²) in [4.78, 5) is 7.92. The Hall–Kier alpha value is -2.12. The summed E-state index contributed by atoms with van der Waals surface area (Å²) in [6.45, 7) is 0.525. The van der Waals surface area contributed by atoms with E-state index >= 15 is 0 Å². The Morgan fingerprint density at radius 1 is 1.35 bits per heavy atom. The Bertz CT molecular complexity index is 548. The van der Waals surface area contributed by atoms with Crippen molar-refractivity contribution < 1.29 is 0 Å². The number of benzene rings is 1. The first kappa shape index (κ1) is 11.4. The molecule has 0 atom stereocenters. The molecule has 1 aromatic heterocycles. The number of nitrogens with one attached hydrogen (secondary N) is 1. The third-order valence-electron chi connectivity index (χ3n) is 2.23. The van der Waals surface area contributed by atoms with Gasteiger partial charge < -0.3 is 5.32 Å². The highest BCUT2D eigenvalue weighted by molar-refractivity contribution is 6.32. The average Bonchev–Trinajstić information content (AvgIpc) is 2.37. The number of nitrogens with zero attached hydrogens (tertiary/aromatic N) is 3. The fraction of sp³-hybridized carbons (Fsp3) is 0.0833. The molecule has 17 heavy (non-hydrogen) atoms. The van der Waals surface area contributed by atoms with Crippen LogP contribution in [-0.2, 0) is 6.54 Å². The molecule has 0 radical (unpaired) electrons. The highest BCUT2D eigenvalue weighted by Gasteiger charge is 2.05. The zero-order valence-electron chi connectivity index (χ0n) is 8.89. The van der Waals surface area contributed by atoms with E-state index in [9.17, 15) is 0 Å². The molecule has 0 saturated carbocycles. The number of aromatic nitrogens is 2. The minimum absolute atomic E-state index is 0.445. The van der Waals surface area contributed by atoms with Crippen molar-refractivity contribution in [2.75, 3.05) is 5.32 Å². The molecule has 2 aromatic rings. The van der Waals surface area contributed by atoms with Gasteiger partial charge in [-0.05, 0) is 18.2 Å². The molecule has 84 valence electrons. The van der Waals surface area contributed by atoms with Crippen molar-refractivity contribution in [3.05, 3.63) is 53.1 Å². The van der Waals surface area contributed by atoms with Crippen LogP contribution in [0.5, 0.6) is 0 Å². The minimum atomic E-state index is 0.445. The van der Waals surface area contributed by atoms with Crippen LogP contribution in [0.1, 0.15) is 11.3 Å². The molecular weight excluding hydrogens is 236 g/mol. The number of hydrogen-bond acceptors (Lipinski definition) is 4. The van der Waals surface area contributed by atoms with E-state index in [2.05, 4.69) is 21.4 Å². The highest BCUT2D eigenvalue weighted by atomic mass is 35.5. The fourth-order valence-electron chi connectivity index (χ4n) is 1.39. The van der Waals surface area contributed by atoms with Crippen molar-refractivity contribution in [3.63, 3.8) is 0 Å². The van der Waals surface area contributed by atoms with Crippen LogP contribution >= 0.6 is 11.6 Å². The second-order valence-corrected chi connectivity index (χ2v) is 3.74. The van der Waals surface area contributed by atoms with Crippen molar-refractivity contribution in [2.45, 2.75) is 6.54 Å². The molecule has 0 unspecified atom stereocenters. The van der Waals surface area contributed by atoms with Crippen LogP contribution < -0.4 is 5.32 Å². The van der Waals surface area contributed by atoms with Crippen LogP contribution in [-0.4, -0.2) is 9.97 Å². The number of anilines is 1. The molecule has 2 rings (SSSR count). The normalized spacial score (nSPS) is 9.65. The molecule has 1 aromatic carbocycles. The summed E-state index contributed by atoms with van der Waals surface area (Å²) in [7, 11) is 0. The lowest BCUT2D eigenvalue weighted by Gasteiger charge is -2.08. The summed E-state index contributed by atoms with van der Waals surface area (Å²) >= 11 is 5.92. The third-order valence-corrected chi connectivity index (χ3v) is 2.54. The van der Waals surface area contributed by atoms with E-state index in [4.69, 9.17) is 16.9 Å². The summed E-state index contributed by atoms with van der Waals surface area (Å²) in [5, 5.41) is 12.6. The summed E-state index contributed by atoms with van der Waals surface area (Å²) in [6.07, 6.45) is 3.16. The number of rotatable bonds is 3. The Labute approximate surface area is 104 Å². The zero-order valence-corrected chi connectivity index (χ0v) is 9.65. The summed E-state index contributed by atoms with van der Waals surface area (Å²) in [5.74, 6) is 0. The molecule has 1 N–H and O–H groups in total. The van der Waals surface area contributed by atoms with Gasteiger partial charge in [0.1, 0.15) is 12.4 Å². The van der Waals surface area contributed by atoms with E-state index in [1.165, 1.54) is 6.33 Å². The van der Waals surface area contributed by atoms with Gasteiger partial charge >= 0.3 is 0 Å². The quantitative estimate of drug-likeness (QED) is 0.902. The Morgan fingerprint density at radius 2 is 2.24 bits per heavy atom. The first-order valence-electron chi connectivity index (χ1n) is 4.98. The second-order valence-electron chi connectivity index (χ2n) is 3.33. The summed E-state index contributed by atoms with van der Waals surface area (Å²) in [5.41, 5.74) is 2.01. The van der Waals surface area contributed by atoms with Gasteiger partial charge in [-0.25, -0.2) is 9.97 Å². The van der Waals surface area contributed by atoms with Crippen LogP contribution in [0.15, 0.2) is 36.8 Å². The molecule has 1 heterocycles. The summed E-state index contributed by atoms with van der Waals surface area (Å²) < 4.78 is 0. The Kier molecular flexibility index (Phi) is 3.53. The van der Waals surface area contributed by atoms with Crippen LogP contribution in [0.2, 0.25) is 5.02 Å². The standard InChI is InChI=1S/C12H9ClN4/c13-11-2-1-3-12(10(11)6-14)16-7-9-4-5-15-8-17-9/h1-5,8,16H,7H2. The zero-order chi connectivity index (χ0) is 12.1. The van der Waals surface area contributed by atoms with Gasteiger partial charge in [0, 0.05) is 6.20 Å². The molecule has 0 saturated heterocycles. The predicted octanol–water partition coefficient (Wildman–Crippen LogP) is 2.61. The average molecular weight is 245 g/mol. The molecular formula is C12H9ClN4. The largest absolute Gasteiger partial charge is 0.378 e. The predicted molar refractivity (Wildman–Crippen MR) is 65.5 cm³/mol. The first-order chi connectivity index (χ1) is 8.31. The van der Waals surface area contributed by atoms with Crippen LogP contribution in [0.4, 0.5) is 5.69 Å². The minimum Gasteiger partial charge on any atom is -0.378 e. The van der Waals surface area contributed by atoms with Crippen molar-refractivity contribution in [1.29, 1.82) is 5.26 Å². The lowest BCUT2D eigenvalue weighted by Crippen LogP contribution is -2.03. The fourth-order valence-corrected chi connectivity index (χ4v) is 1.61. The molecule has 0 aliphatic rings. The maximum absolute atomic E-state index is 9.00. The molecule has 4 nitrogen and oxygen atoms in total. The van der Waals surface area contributed by atoms with E-state index in [1.54, 1.807) is 18.3 Å². The van der Waals surface area contributed by atoms with Gasteiger partial charge in [0.05, 0.1) is 28.5 Å². The first-order valence-corrected chi connectivity index (χ1v) is 5.36. The smallest absolute Gasteiger partial charge is 0.115 e. The van der Waals surface area contributed by atoms with E-state index in [1.807, 2.05) is 12.1 Å². The van der Waals surface area contributed by atoms with E-state index in [0.717, 1.165) is 5.69 Å². The van der Waals surface area contributed by atoms with Gasteiger partial charge in [-0.2, -0.15) is 5.26 Å². The van der Waals surface area contributed by atoms with Gasteiger partial charge in [0.15, 0.2) is 0 Å². The van der Waals surface area contributed by atoms with Gasteiger partial charge in [-0.3, -0.25) is 0 Å². The number of hydrogen-bond donors (Lipinski definition) is 1. The van der Waals surface area contributed by atoms with Gasteiger partial charge in [0.2, 0.25) is 0 Å². The highest BCUT2D eigenvalue weighted by Crippen LogP contribution is 2.23. The molecule has 0 spiro atoms. The van der Waals surface area contributed by atoms with Crippen molar-refractivity contribution >= 4 is 17.3 Å². The molecule has 0 amide bonds. The lowest BCUT2D eigenvalue weighted by molar-refractivity contribution is 1.01. The Balaban J connectivity index is 2.15. The molecule has 5 heteroatoms. The molecule has 0 aliphatic carbocycles. The monoisotopic (exact) mass is 244 g/mol. The molecule has 0 aliphatic heterocycles. The topological polar surface area (TPSA) is 61.6 Å².